The molecule has 0 aliphatic carbocycles. The second-order valence-electron chi connectivity index (χ2n) is 0. The van der Waals surface area contributed by atoms with Gasteiger partial charge in [0.1, 0.15) is 0 Å². The van der Waals surface area contributed by atoms with Gasteiger partial charge in [-0.2, -0.15) is 0 Å². The van der Waals surface area contributed by atoms with E-state index in [-0.39, 0.29) is 86.5 Å². The minimum atomic E-state index is 0. The molecule has 5 heavy (non-hydrogen) atoms. The van der Waals surface area contributed by atoms with Gasteiger partial charge in [-0.05, 0) is 0 Å². The standard InChI is InChI=1S/Al.Co.Cr.Ni.V.3H. The number of rotatable bonds is 0. The van der Waals surface area contributed by atoms with Crippen molar-refractivity contribution < 1.29 is 69.2 Å². The Labute approximate surface area is 85.5 Å². The van der Waals surface area contributed by atoms with Crippen LogP contribution in [0.4, 0.5) is 0 Å². The van der Waals surface area contributed by atoms with Crippen molar-refractivity contribution in [1.29, 1.82) is 0 Å². The molecule has 0 aliphatic heterocycles. The Bertz CT molecular complexity index is 11.6. The summed E-state index contributed by atoms with van der Waals surface area (Å²) in [6.45, 7) is 0. The van der Waals surface area contributed by atoms with Gasteiger partial charge in [0.25, 0.3) is 0 Å². The summed E-state index contributed by atoms with van der Waals surface area (Å²) in [5.41, 5.74) is 0. The zero-order valence-electron chi connectivity index (χ0n) is 1.51. The summed E-state index contributed by atoms with van der Waals surface area (Å²) in [7, 11) is 0. The molecule has 0 saturated carbocycles. The molecule has 0 unspecified atom stereocenters. The molecule has 0 fully saturated rings. The zero-order valence-corrected chi connectivity index (χ0v) is 6.21. The predicted molar refractivity (Wildman–Crippen MR) is 9.94 cm³/mol. The van der Waals surface area contributed by atoms with E-state index in [0.29, 0.717) is 0 Å². The van der Waals surface area contributed by atoms with Crippen LogP contribution in [-0.2, 0) is 69.2 Å². The Morgan fingerprint density at radius 3 is 1.00 bits per heavy atom. The molecule has 0 saturated heterocycles. The van der Waals surface area contributed by atoms with E-state index in [1.54, 1.807) is 0 Å². The molecule has 0 aromatic carbocycles. The summed E-state index contributed by atoms with van der Waals surface area (Å²) in [5.74, 6) is 0. The van der Waals surface area contributed by atoms with Crippen molar-refractivity contribution in [2.24, 2.45) is 0 Å². The van der Waals surface area contributed by atoms with Gasteiger partial charge in [-0.3, -0.25) is 0 Å². The smallest absolute Gasteiger partial charge is 0 e. The summed E-state index contributed by atoms with van der Waals surface area (Å²) in [4.78, 5) is 0. The van der Waals surface area contributed by atoms with E-state index in [4.69, 9.17) is 0 Å². The summed E-state index contributed by atoms with van der Waals surface area (Å²) >= 11 is 0. The van der Waals surface area contributed by atoms with Gasteiger partial charge in [0.05, 0.1) is 0 Å². The molecule has 0 aliphatic rings. The van der Waals surface area contributed by atoms with Crippen molar-refractivity contribution in [1.82, 2.24) is 0 Å². The van der Waals surface area contributed by atoms with E-state index in [1.807, 2.05) is 0 Å². The Morgan fingerprint density at radius 1 is 1.00 bits per heavy atom. The maximum Gasteiger partial charge on any atom is 0.187 e. The molecule has 0 heterocycles. The van der Waals surface area contributed by atoms with E-state index in [1.165, 1.54) is 0 Å². The van der Waals surface area contributed by atoms with Crippen LogP contribution in [0.5, 0.6) is 0 Å². The van der Waals surface area contributed by atoms with Crippen molar-refractivity contribution in [2.75, 3.05) is 0 Å². The van der Waals surface area contributed by atoms with Crippen molar-refractivity contribution in [3.63, 3.8) is 0 Å². The second kappa shape index (κ2) is 30.2. The molecule has 0 amide bonds. The molecular weight excluding hydrogens is 248 g/mol. The quantitative estimate of drug-likeness (QED) is 0.474. The fraction of sp³-hybridized carbons (Fsp3) is 0. The molecule has 2 radical (unpaired) electrons. The molecular formula is H3AlCoCrNiV. The average Bonchev–Trinajstić information content (AvgIpc) is 0. The van der Waals surface area contributed by atoms with Gasteiger partial charge in [-0.15, -0.1) is 0 Å². The van der Waals surface area contributed by atoms with Gasteiger partial charge in [-0.25, -0.2) is 0 Å². The third-order valence-electron chi connectivity index (χ3n) is 0. The van der Waals surface area contributed by atoms with E-state index in [9.17, 15) is 0 Å². The Morgan fingerprint density at radius 2 is 1.00 bits per heavy atom. The zero-order chi connectivity index (χ0) is 0. The molecule has 5 heteroatoms. The first-order chi connectivity index (χ1) is 0. The largest absolute Gasteiger partial charge is 0.187 e. The van der Waals surface area contributed by atoms with Crippen molar-refractivity contribution in [3.8, 4) is 0 Å². The van der Waals surface area contributed by atoms with Crippen LogP contribution >= 0.6 is 0 Å². The third kappa shape index (κ3) is 20.5. The Balaban J connectivity index is 0. The van der Waals surface area contributed by atoms with Gasteiger partial charge >= 0.3 is 0 Å². The molecule has 0 spiro atoms. The molecule has 0 aromatic heterocycles. The molecule has 0 aromatic rings. The van der Waals surface area contributed by atoms with Crippen LogP contribution in [0.3, 0.4) is 0 Å². The minimum absolute atomic E-state index is 0. The average molecular weight is 251 g/mol. The summed E-state index contributed by atoms with van der Waals surface area (Å²) in [5, 5.41) is 0. The first kappa shape index (κ1) is 48.2. The van der Waals surface area contributed by atoms with Crippen LogP contribution in [0.1, 0.15) is 0 Å². The summed E-state index contributed by atoms with van der Waals surface area (Å²) in [6.07, 6.45) is 0. The van der Waals surface area contributed by atoms with Crippen molar-refractivity contribution in [2.45, 2.75) is 0 Å². The Kier molecular flexibility index (Phi) is 291. The van der Waals surface area contributed by atoms with Crippen LogP contribution in [-0.4, -0.2) is 17.4 Å². The van der Waals surface area contributed by atoms with Crippen LogP contribution in [0.15, 0.2) is 0 Å². The van der Waals surface area contributed by atoms with Crippen LogP contribution in [0.2, 0.25) is 0 Å². The normalized spacial score (nSPS) is 0. The number of hydrogen-bond donors (Lipinski definition) is 0. The van der Waals surface area contributed by atoms with Crippen molar-refractivity contribution >= 4 is 17.4 Å². The predicted octanol–water partition coefficient (Wildman–Crippen LogP) is -1.19. The van der Waals surface area contributed by atoms with Crippen molar-refractivity contribution in [3.05, 3.63) is 0 Å². The minimum Gasteiger partial charge on any atom is 0 e. The van der Waals surface area contributed by atoms with Gasteiger partial charge in [0, 0.05) is 69.2 Å². The van der Waals surface area contributed by atoms with Crippen LogP contribution < -0.4 is 0 Å². The molecule has 0 rings (SSSR count). The fourth-order valence-corrected chi connectivity index (χ4v) is 0. The molecule has 0 nitrogen and oxygen atoms in total. The van der Waals surface area contributed by atoms with Gasteiger partial charge in [0.15, 0.2) is 17.4 Å². The molecule has 0 atom stereocenters. The van der Waals surface area contributed by atoms with Gasteiger partial charge in [0.2, 0.25) is 0 Å². The van der Waals surface area contributed by atoms with E-state index in [0.717, 1.165) is 0 Å². The first-order valence-corrected chi connectivity index (χ1v) is 0. The number of hydrogen-bond acceptors (Lipinski definition) is 0. The summed E-state index contributed by atoms with van der Waals surface area (Å²) < 4.78 is 0. The third-order valence-corrected chi connectivity index (χ3v) is 0. The van der Waals surface area contributed by atoms with Crippen LogP contribution in [0.25, 0.3) is 0 Å². The van der Waals surface area contributed by atoms with E-state index >= 15 is 0 Å². The fourth-order valence-electron chi connectivity index (χ4n) is 0. The Hall–Kier alpha value is 2.65. The summed E-state index contributed by atoms with van der Waals surface area (Å²) in [6, 6.07) is 0. The van der Waals surface area contributed by atoms with E-state index < -0.39 is 0 Å². The first-order valence-electron chi connectivity index (χ1n) is 0. The van der Waals surface area contributed by atoms with Gasteiger partial charge < -0.3 is 0 Å². The molecule has 0 bridgehead atoms. The SMILES string of the molecule is [AlH3].[Co].[Cr].[Ni].[V]. The topological polar surface area (TPSA) is 0 Å². The van der Waals surface area contributed by atoms with Gasteiger partial charge in [-0.1, -0.05) is 0 Å². The molecule has 0 N–H and O–H groups in total. The maximum absolute atomic E-state index is 0. The second-order valence-corrected chi connectivity index (χ2v) is 0. The van der Waals surface area contributed by atoms with Crippen LogP contribution in [0, 0.1) is 0 Å². The van der Waals surface area contributed by atoms with E-state index in [2.05, 4.69) is 0 Å². The maximum atomic E-state index is 0. The monoisotopic (exact) mass is 250 g/mol. The molecule has 36 valence electrons.